The van der Waals surface area contributed by atoms with E-state index in [0.29, 0.717) is 11.7 Å². The van der Waals surface area contributed by atoms with Crippen LogP contribution >= 0.6 is 0 Å². The number of benzene rings is 1. The molecule has 0 spiro atoms. The quantitative estimate of drug-likeness (QED) is 0.863. The van der Waals surface area contributed by atoms with Crippen LogP contribution in [-0.2, 0) is 11.8 Å². The van der Waals surface area contributed by atoms with E-state index in [9.17, 15) is 4.79 Å². The third kappa shape index (κ3) is 2.78. The molecule has 1 aromatic heterocycles. The monoisotopic (exact) mass is 286 g/mol. The van der Waals surface area contributed by atoms with Crippen LogP contribution in [0.4, 0.5) is 5.69 Å². The SMILES string of the molecule is CC(C(=O)Nc1cccc(-c2nnnn2C)c1)C1CNC1. The summed E-state index contributed by atoms with van der Waals surface area (Å²) < 4.78 is 1.60. The van der Waals surface area contributed by atoms with Gasteiger partial charge in [0, 0.05) is 24.2 Å². The van der Waals surface area contributed by atoms with Crippen molar-refractivity contribution in [2.24, 2.45) is 18.9 Å². The van der Waals surface area contributed by atoms with Crippen molar-refractivity contribution in [2.45, 2.75) is 6.92 Å². The van der Waals surface area contributed by atoms with E-state index < -0.39 is 0 Å². The van der Waals surface area contributed by atoms with Crippen LogP contribution in [0.25, 0.3) is 11.4 Å². The second kappa shape index (κ2) is 5.61. The van der Waals surface area contributed by atoms with Gasteiger partial charge in [0.15, 0.2) is 5.82 Å². The molecule has 1 aliphatic heterocycles. The standard InChI is InChI=1S/C14H18N6O/c1-9(11-7-15-8-11)14(21)16-12-5-3-4-10(6-12)13-17-18-19-20(13)2/h3-6,9,11,15H,7-8H2,1-2H3,(H,16,21). The number of anilines is 1. The molecule has 2 aromatic rings. The smallest absolute Gasteiger partial charge is 0.227 e. The Balaban J connectivity index is 1.74. The lowest BCUT2D eigenvalue weighted by Gasteiger charge is -2.31. The Labute approximate surface area is 122 Å². The zero-order chi connectivity index (χ0) is 14.8. The number of carbonyl (C=O) groups excluding carboxylic acids is 1. The molecule has 1 aliphatic rings. The van der Waals surface area contributed by atoms with Crippen LogP contribution in [0, 0.1) is 11.8 Å². The predicted molar refractivity (Wildman–Crippen MR) is 78.4 cm³/mol. The number of aryl methyl sites for hydroxylation is 1. The third-order valence-corrected chi connectivity index (χ3v) is 3.94. The zero-order valence-corrected chi connectivity index (χ0v) is 12.1. The molecule has 110 valence electrons. The summed E-state index contributed by atoms with van der Waals surface area (Å²) in [7, 11) is 1.78. The van der Waals surface area contributed by atoms with Crippen LogP contribution in [0.3, 0.4) is 0 Å². The minimum absolute atomic E-state index is 0.00593. The van der Waals surface area contributed by atoms with Gasteiger partial charge in [0.1, 0.15) is 0 Å². The second-order valence-corrected chi connectivity index (χ2v) is 5.40. The average Bonchev–Trinajstić information content (AvgIpc) is 2.83. The summed E-state index contributed by atoms with van der Waals surface area (Å²) in [6.45, 7) is 3.80. The first-order chi connectivity index (χ1) is 10.1. The van der Waals surface area contributed by atoms with Gasteiger partial charge in [0.25, 0.3) is 0 Å². The highest BCUT2D eigenvalue weighted by atomic mass is 16.1. The summed E-state index contributed by atoms with van der Waals surface area (Å²) in [5.41, 5.74) is 1.64. The lowest BCUT2D eigenvalue weighted by Crippen LogP contribution is -2.48. The number of nitrogens with one attached hydrogen (secondary N) is 2. The summed E-state index contributed by atoms with van der Waals surface area (Å²) in [5, 5.41) is 17.6. The van der Waals surface area contributed by atoms with Crippen molar-refractivity contribution in [1.29, 1.82) is 0 Å². The first-order valence-electron chi connectivity index (χ1n) is 6.99. The van der Waals surface area contributed by atoms with Gasteiger partial charge in [0.2, 0.25) is 5.91 Å². The van der Waals surface area contributed by atoms with Crippen molar-refractivity contribution < 1.29 is 4.79 Å². The van der Waals surface area contributed by atoms with Gasteiger partial charge in [-0.05, 0) is 41.6 Å². The Morgan fingerprint density at radius 3 is 2.90 bits per heavy atom. The second-order valence-electron chi connectivity index (χ2n) is 5.40. The normalized spacial score (nSPS) is 16.3. The van der Waals surface area contributed by atoms with Gasteiger partial charge in [0.05, 0.1) is 0 Å². The maximum absolute atomic E-state index is 12.2. The van der Waals surface area contributed by atoms with Gasteiger partial charge in [-0.15, -0.1) is 5.10 Å². The molecule has 0 bridgehead atoms. The molecule has 0 radical (unpaired) electrons. The first-order valence-corrected chi connectivity index (χ1v) is 6.99. The van der Waals surface area contributed by atoms with Crippen LogP contribution < -0.4 is 10.6 Å². The van der Waals surface area contributed by atoms with Crippen LogP contribution in [0.15, 0.2) is 24.3 Å². The van der Waals surface area contributed by atoms with Crippen LogP contribution in [-0.4, -0.2) is 39.2 Å². The number of tetrazole rings is 1. The van der Waals surface area contributed by atoms with Gasteiger partial charge >= 0.3 is 0 Å². The first kappa shape index (κ1) is 13.7. The highest BCUT2D eigenvalue weighted by Gasteiger charge is 2.28. The van der Waals surface area contributed by atoms with Gasteiger partial charge < -0.3 is 10.6 Å². The maximum Gasteiger partial charge on any atom is 0.227 e. The van der Waals surface area contributed by atoms with Crippen LogP contribution in [0.5, 0.6) is 0 Å². The van der Waals surface area contributed by atoms with Crippen molar-refractivity contribution in [3.05, 3.63) is 24.3 Å². The Morgan fingerprint density at radius 2 is 2.29 bits per heavy atom. The molecule has 0 aliphatic carbocycles. The molecule has 1 atom stereocenters. The number of rotatable bonds is 4. The van der Waals surface area contributed by atoms with E-state index >= 15 is 0 Å². The maximum atomic E-state index is 12.2. The molecule has 7 nitrogen and oxygen atoms in total. The summed E-state index contributed by atoms with van der Waals surface area (Å²) in [6.07, 6.45) is 0. The average molecular weight is 286 g/mol. The Hall–Kier alpha value is -2.28. The number of hydrogen-bond donors (Lipinski definition) is 2. The van der Waals surface area contributed by atoms with Crippen molar-refractivity contribution in [1.82, 2.24) is 25.5 Å². The zero-order valence-electron chi connectivity index (χ0n) is 12.1. The molecule has 7 heteroatoms. The van der Waals surface area contributed by atoms with E-state index in [2.05, 4.69) is 26.2 Å². The van der Waals surface area contributed by atoms with E-state index in [1.807, 2.05) is 31.2 Å². The lowest BCUT2D eigenvalue weighted by atomic mass is 9.88. The molecule has 1 aromatic carbocycles. The Bertz CT molecular complexity index is 648. The molecular weight excluding hydrogens is 268 g/mol. The van der Waals surface area contributed by atoms with E-state index in [1.54, 1.807) is 11.7 Å². The Kier molecular flexibility index (Phi) is 3.66. The van der Waals surface area contributed by atoms with E-state index in [1.165, 1.54) is 0 Å². The predicted octanol–water partition coefficient (Wildman–Crippen LogP) is 0.671. The summed E-state index contributed by atoms with van der Waals surface area (Å²) in [4.78, 5) is 12.2. The number of hydrogen-bond acceptors (Lipinski definition) is 5. The molecule has 1 amide bonds. The largest absolute Gasteiger partial charge is 0.326 e. The summed E-state index contributed by atoms with van der Waals surface area (Å²) in [6, 6.07) is 7.56. The fraction of sp³-hybridized carbons (Fsp3) is 0.429. The minimum atomic E-state index is 0.00593. The van der Waals surface area contributed by atoms with E-state index in [4.69, 9.17) is 0 Å². The van der Waals surface area contributed by atoms with Crippen molar-refractivity contribution in [3.8, 4) is 11.4 Å². The topological polar surface area (TPSA) is 84.7 Å². The molecular formula is C14H18N6O. The highest BCUT2D eigenvalue weighted by Crippen LogP contribution is 2.22. The number of amides is 1. The van der Waals surface area contributed by atoms with Crippen molar-refractivity contribution in [2.75, 3.05) is 18.4 Å². The molecule has 0 saturated carbocycles. The minimum Gasteiger partial charge on any atom is -0.326 e. The van der Waals surface area contributed by atoms with Crippen LogP contribution in [0.1, 0.15) is 6.92 Å². The van der Waals surface area contributed by atoms with Crippen molar-refractivity contribution >= 4 is 11.6 Å². The van der Waals surface area contributed by atoms with Gasteiger partial charge in [-0.2, -0.15) is 0 Å². The summed E-state index contributed by atoms with van der Waals surface area (Å²) >= 11 is 0. The summed E-state index contributed by atoms with van der Waals surface area (Å²) in [5.74, 6) is 1.15. The molecule has 3 rings (SSSR count). The highest BCUT2D eigenvalue weighted by molar-refractivity contribution is 5.93. The van der Waals surface area contributed by atoms with Crippen LogP contribution in [0.2, 0.25) is 0 Å². The Morgan fingerprint density at radius 1 is 1.48 bits per heavy atom. The third-order valence-electron chi connectivity index (χ3n) is 3.94. The number of carbonyl (C=O) groups is 1. The fourth-order valence-electron chi connectivity index (χ4n) is 2.34. The number of nitrogens with zero attached hydrogens (tertiary/aromatic N) is 4. The lowest BCUT2D eigenvalue weighted by molar-refractivity contribution is -0.121. The van der Waals surface area contributed by atoms with Gasteiger partial charge in [-0.3, -0.25) is 4.79 Å². The molecule has 1 unspecified atom stereocenters. The molecule has 21 heavy (non-hydrogen) atoms. The van der Waals surface area contributed by atoms with Gasteiger partial charge in [-0.1, -0.05) is 19.1 Å². The van der Waals surface area contributed by atoms with Gasteiger partial charge in [-0.25, -0.2) is 4.68 Å². The molecule has 1 fully saturated rings. The molecule has 2 N–H and O–H groups in total. The molecule has 2 heterocycles. The van der Waals surface area contributed by atoms with E-state index in [-0.39, 0.29) is 11.8 Å². The fourth-order valence-corrected chi connectivity index (χ4v) is 2.34. The van der Waals surface area contributed by atoms with Crippen molar-refractivity contribution in [3.63, 3.8) is 0 Å². The molecule has 1 saturated heterocycles. The number of aromatic nitrogens is 4. The van der Waals surface area contributed by atoms with E-state index in [0.717, 1.165) is 24.3 Å².